The number of rotatable bonds is 4. The summed E-state index contributed by atoms with van der Waals surface area (Å²) in [5.41, 5.74) is 3.11. The number of hydrogen-bond donors (Lipinski definition) is 1. The van der Waals surface area contributed by atoms with E-state index in [4.69, 9.17) is 0 Å². The van der Waals surface area contributed by atoms with Gasteiger partial charge in [0.1, 0.15) is 5.82 Å². The van der Waals surface area contributed by atoms with Crippen molar-refractivity contribution >= 4 is 5.82 Å². The molecule has 0 saturated carbocycles. The second-order valence-corrected chi connectivity index (χ2v) is 4.95. The smallest absolute Gasteiger partial charge is 0.165 e. The molecule has 0 atom stereocenters. The molecule has 0 unspecified atom stereocenters. The molecule has 19 heavy (non-hydrogen) atoms. The van der Waals surface area contributed by atoms with E-state index in [0.29, 0.717) is 5.92 Å². The van der Waals surface area contributed by atoms with Gasteiger partial charge in [0.15, 0.2) is 5.82 Å². The number of aromatic nitrogens is 4. The number of nitrogens with zero attached hydrogens (tertiary/aromatic N) is 4. The van der Waals surface area contributed by atoms with Crippen molar-refractivity contribution in [2.45, 2.75) is 33.6 Å². The lowest BCUT2D eigenvalue weighted by molar-refractivity contribution is 0.740. The van der Waals surface area contributed by atoms with Crippen LogP contribution in [0, 0.1) is 6.92 Å². The molecule has 0 aromatic carbocycles. The highest BCUT2D eigenvalue weighted by atomic mass is 15.3. The van der Waals surface area contributed by atoms with Crippen LogP contribution >= 0.6 is 0 Å². The Bertz CT molecular complexity index is 571. The van der Waals surface area contributed by atoms with Crippen molar-refractivity contribution in [3.8, 4) is 11.4 Å². The molecule has 5 nitrogen and oxygen atoms in total. The molecule has 0 aliphatic carbocycles. The van der Waals surface area contributed by atoms with Gasteiger partial charge in [0.25, 0.3) is 0 Å². The highest BCUT2D eigenvalue weighted by Gasteiger charge is 2.13. The van der Waals surface area contributed by atoms with E-state index in [1.54, 1.807) is 0 Å². The minimum absolute atomic E-state index is 0.371. The summed E-state index contributed by atoms with van der Waals surface area (Å²) in [7, 11) is 1.93. The Labute approximate surface area is 114 Å². The van der Waals surface area contributed by atoms with E-state index in [9.17, 15) is 0 Å². The molecule has 0 spiro atoms. The van der Waals surface area contributed by atoms with Gasteiger partial charge in [-0.15, -0.1) is 0 Å². The molecule has 0 radical (unpaired) electrons. The maximum atomic E-state index is 4.66. The van der Waals surface area contributed by atoms with Crippen molar-refractivity contribution in [1.29, 1.82) is 0 Å². The Balaban J connectivity index is 2.52. The van der Waals surface area contributed by atoms with E-state index >= 15 is 0 Å². The van der Waals surface area contributed by atoms with Gasteiger partial charge >= 0.3 is 0 Å². The summed E-state index contributed by atoms with van der Waals surface area (Å²) >= 11 is 0. The molecule has 0 aliphatic rings. The van der Waals surface area contributed by atoms with Gasteiger partial charge in [-0.3, -0.25) is 4.68 Å². The van der Waals surface area contributed by atoms with E-state index in [1.165, 1.54) is 0 Å². The largest absolute Gasteiger partial charge is 0.370 e. The normalized spacial score (nSPS) is 11.1. The van der Waals surface area contributed by atoms with Crippen LogP contribution in [0.3, 0.4) is 0 Å². The zero-order chi connectivity index (χ0) is 14.0. The molecule has 2 rings (SSSR count). The van der Waals surface area contributed by atoms with Crippen LogP contribution in [0.4, 0.5) is 5.82 Å². The van der Waals surface area contributed by atoms with Gasteiger partial charge in [0.2, 0.25) is 0 Å². The highest BCUT2D eigenvalue weighted by molar-refractivity contribution is 5.59. The average Bonchev–Trinajstić information content (AvgIpc) is 2.70. The van der Waals surface area contributed by atoms with Gasteiger partial charge in [-0.25, -0.2) is 9.97 Å². The Morgan fingerprint density at radius 2 is 2.05 bits per heavy atom. The maximum absolute atomic E-state index is 4.66. The van der Waals surface area contributed by atoms with Crippen LogP contribution in [0.5, 0.6) is 0 Å². The van der Waals surface area contributed by atoms with Crippen LogP contribution in [-0.4, -0.2) is 26.3 Å². The standard InChI is InChI=1S/C14H21N5/c1-6-15-13-7-12(9(2)3)17-14(18-13)11-8-16-19(5)10(11)4/h7-9H,6H2,1-5H3,(H,15,17,18). The minimum Gasteiger partial charge on any atom is -0.370 e. The van der Waals surface area contributed by atoms with Gasteiger partial charge in [0, 0.05) is 31.0 Å². The average molecular weight is 259 g/mol. The van der Waals surface area contributed by atoms with Crippen molar-refractivity contribution in [1.82, 2.24) is 19.7 Å². The first-order valence-electron chi connectivity index (χ1n) is 6.64. The number of nitrogens with one attached hydrogen (secondary N) is 1. The Hall–Kier alpha value is -1.91. The summed E-state index contributed by atoms with van der Waals surface area (Å²) in [4.78, 5) is 9.23. The lowest BCUT2D eigenvalue weighted by Crippen LogP contribution is -2.05. The van der Waals surface area contributed by atoms with E-state index in [0.717, 1.165) is 35.1 Å². The van der Waals surface area contributed by atoms with E-state index in [2.05, 4.69) is 41.2 Å². The van der Waals surface area contributed by atoms with E-state index in [-0.39, 0.29) is 0 Å². The predicted octanol–water partition coefficient (Wildman–Crippen LogP) is 2.74. The first kappa shape index (κ1) is 13.5. The molecule has 0 bridgehead atoms. The van der Waals surface area contributed by atoms with Crippen molar-refractivity contribution in [3.05, 3.63) is 23.7 Å². The Morgan fingerprint density at radius 1 is 1.32 bits per heavy atom. The molecule has 0 amide bonds. The van der Waals surface area contributed by atoms with Crippen LogP contribution in [0.15, 0.2) is 12.3 Å². The first-order chi connectivity index (χ1) is 9.02. The van der Waals surface area contributed by atoms with Crippen LogP contribution < -0.4 is 5.32 Å². The summed E-state index contributed by atoms with van der Waals surface area (Å²) in [5.74, 6) is 1.99. The lowest BCUT2D eigenvalue weighted by Gasteiger charge is -2.10. The maximum Gasteiger partial charge on any atom is 0.165 e. The van der Waals surface area contributed by atoms with E-state index in [1.807, 2.05) is 30.9 Å². The molecule has 2 heterocycles. The first-order valence-corrected chi connectivity index (χ1v) is 6.64. The molecule has 1 N–H and O–H groups in total. The minimum atomic E-state index is 0.371. The van der Waals surface area contributed by atoms with Crippen LogP contribution in [0.25, 0.3) is 11.4 Å². The molecule has 0 aliphatic heterocycles. The third-order valence-electron chi connectivity index (χ3n) is 3.17. The van der Waals surface area contributed by atoms with Crippen molar-refractivity contribution in [3.63, 3.8) is 0 Å². The fraction of sp³-hybridized carbons (Fsp3) is 0.500. The summed E-state index contributed by atoms with van der Waals surface area (Å²) in [5, 5.41) is 7.52. The summed E-state index contributed by atoms with van der Waals surface area (Å²) < 4.78 is 1.84. The van der Waals surface area contributed by atoms with Gasteiger partial charge in [-0.05, 0) is 19.8 Å². The monoisotopic (exact) mass is 259 g/mol. The molecular weight excluding hydrogens is 238 g/mol. The topological polar surface area (TPSA) is 55.6 Å². The molecule has 5 heteroatoms. The van der Waals surface area contributed by atoms with Crippen molar-refractivity contribution in [2.75, 3.05) is 11.9 Å². The molecule has 0 saturated heterocycles. The van der Waals surface area contributed by atoms with Crippen LogP contribution in [-0.2, 0) is 7.05 Å². The fourth-order valence-electron chi connectivity index (χ4n) is 1.87. The van der Waals surface area contributed by atoms with Gasteiger partial charge in [-0.1, -0.05) is 13.8 Å². The summed E-state index contributed by atoms with van der Waals surface area (Å²) in [6.45, 7) is 9.21. The van der Waals surface area contributed by atoms with Crippen molar-refractivity contribution in [2.24, 2.45) is 7.05 Å². The molecule has 2 aromatic heterocycles. The Kier molecular flexibility index (Phi) is 3.83. The van der Waals surface area contributed by atoms with Gasteiger partial charge in [-0.2, -0.15) is 5.10 Å². The summed E-state index contributed by atoms with van der Waals surface area (Å²) in [6, 6.07) is 2.02. The molecule has 102 valence electrons. The van der Waals surface area contributed by atoms with Crippen molar-refractivity contribution < 1.29 is 0 Å². The highest BCUT2D eigenvalue weighted by Crippen LogP contribution is 2.23. The third-order valence-corrected chi connectivity index (χ3v) is 3.17. The molecule has 2 aromatic rings. The molecule has 0 fully saturated rings. The van der Waals surface area contributed by atoms with Crippen LogP contribution in [0.2, 0.25) is 0 Å². The van der Waals surface area contributed by atoms with Gasteiger partial charge < -0.3 is 5.32 Å². The third kappa shape index (κ3) is 2.75. The number of anilines is 1. The fourth-order valence-corrected chi connectivity index (χ4v) is 1.87. The number of hydrogen-bond acceptors (Lipinski definition) is 4. The Morgan fingerprint density at radius 3 is 2.58 bits per heavy atom. The summed E-state index contributed by atoms with van der Waals surface area (Å²) in [6.07, 6.45) is 1.82. The SMILES string of the molecule is CCNc1cc(C(C)C)nc(-c2cnn(C)c2C)n1. The zero-order valence-electron chi connectivity index (χ0n) is 12.2. The number of aryl methyl sites for hydroxylation is 1. The second kappa shape index (κ2) is 5.38. The van der Waals surface area contributed by atoms with Gasteiger partial charge in [0.05, 0.1) is 11.8 Å². The van der Waals surface area contributed by atoms with E-state index < -0.39 is 0 Å². The molecular formula is C14H21N5. The lowest BCUT2D eigenvalue weighted by atomic mass is 10.1. The second-order valence-electron chi connectivity index (χ2n) is 4.95. The van der Waals surface area contributed by atoms with Crippen LogP contribution in [0.1, 0.15) is 38.1 Å². The zero-order valence-corrected chi connectivity index (χ0v) is 12.2. The quantitative estimate of drug-likeness (QED) is 0.917. The predicted molar refractivity (Wildman–Crippen MR) is 77.2 cm³/mol.